The van der Waals surface area contributed by atoms with Crippen LogP contribution in [0.2, 0.25) is 0 Å². The number of carbonyl (C=O) groups is 2. The van der Waals surface area contributed by atoms with Crippen molar-refractivity contribution in [1.82, 2.24) is 5.32 Å². The molecule has 2 amide bonds. The summed E-state index contributed by atoms with van der Waals surface area (Å²) in [5, 5.41) is 5.53. The predicted octanol–water partition coefficient (Wildman–Crippen LogP) is 3.42. The van der Waals surface area contributed by atoms with Gasteiger partial charge in [-0.2, -0.15) is 0 Å². The van der Waals surface area contributed by atoms with Crippen LogP contribution in [0.1, 0.15) is 27.6 Å². The average Bonchev–Trinajstić information content (AvgIpc) is 2.61. The lowest BCUT2D eigenvalue weighted by atomic mass is 10.1. The molecule has 0 saturated heterocycles. The van der Waals surface area contributed by atoms with Gasteiger partial charge in [0, 0.05) is 22.7 Å². The van der Waals surface area contributed by atoms with Gasteiger partial charge < -0.3 is 15.4 Å². The molecule has 0 saturated carbocycles. The lowest BCUT2D eigenvalue weighted by Crippen LogP contribution is -2.22. The summed E-state index contributed by atoms with van der Waals surface area (Å²) < 4.78 is 5.30. The third-order valence-electron chi connectivity index (χ3n) is 3.37. The van der Waals surface area contributed by atoms with Crippen LogP contribution in [0.3, 0.4) is 0 Å². The molecule has 0 fully saturated rings. The maximum atomic E-state index is 12.5. The lowest BCUT2D eigenvalue weighted by molar-refractivity contribution is 0.0954. The van der Waals surface area contributed by atoms with Gasteiger partial charge in [-0.05, 0) is 49.6 Å². The third kappa shape index (κ3) is 4.29. The zero-order valence-corrected chi connectivity index (χ0v) is 14.7. The van der Waals surface area contributed by atoms with Crippen LogP contribution in [0.4, 0.5) is 5.69 Å². The molecule has 0 aliphatic rings. The Morgan fingerprint density at radius 2 is 1.92 bits per heavy atom. The summed E-state index contributed by atoms with van der Waals surface area (Å²) in [6, 6.07) is 12.2. The average molecular weight is 344 g/mol. The van der Waals surface area contributed by atoms with E-state index < -0.39 is 0 Å². The first-order valence-corrected chi connectivity index (χ1v) is 8.73. The third-order valence-corrected chi connectivity index (χ3v) is 4.10. The number of anilines is 1. The van der Waals surface area contributed by atoms with Crippen LogP contribution >= 0.6 is 11.8 Å². The van der Waals surface area contributed by atoms with Gasteiger partial charge in [-0.3, -0.25) is 9.59 Å². The Morgan fingerprint density at radius 1 is 1.12 bits per heavy atom. The number of thioether (sulfide) groups is 1. The molecular weight excluding hydrogens is 324 g/mol. The van der Waals surface area contributed by atoms with Crippen LogP contribution < -0.4 is 15.4 Å². The molecule has 24 heavy (non-hydrogen) atoms. The molecule has 0 aliphatic heterocycles. The topological polar surface area (TPSA) is 67.4 Å². The van der Waals surface area contributed by atoms with E-state index in [4.69, 9.17) is 4.74 Å². The van der Waals surface area contributed by atoms with Crippen LogP contribution in [0, 0.1) is 0 Å². The van der Waals surface area contributed by atoms with Crippen LogP contribution in [0.5, 0.6) is 5.75 Å². The maximum absolute atomic E-state index is 12.5. The quantitative estimate of drug-likeness (QED) is 0.788. The number of amides is 2. The highest BCUT2D eigenvalue weighted by Gasteiger charge is 2.14. The van der Waals surface area contributed by atoms with Gasteiger partial charge in [0.15, 0.2) is 0 Å². The van der Waals surface area contributed by atoms with Gasteiger partial charge in [0.25, 0.3) is 11.8 Å². The van der Waals surface area contributed by atoms with Crippen molar-refractivity contribution in [2.45, 2.75) is 11.8 Å². The minimum atomic E-state index is -0.285. The number of methoxy groups -OCH3 is 1. The molecule has 0 radical (unpaired) electrons. The Bertz CT molecular complexity index is 747. The molecule has 0 spiro atoms. The number of carbonyl (C=O) groups excluding carboxylic acids is 2. The van der Waals surface area contributed by atoms with Gasteiger partial charge in [0.05, 0.1) is 12.7 Å². The number of benzene rings is 2. The van der Waals surface area contributed by atoms with E-state index >= 15 is 0 Å². The molecular formula is C18H20N2O3S. The Labute approximate surface area is 145 Å². The van der Waals surface area contributed by atoms with Crippen molar-refractivity contribution >= 4 is 29.3 Å². The number of ether oxygens (including phenoxy) is 1. The van der Waals surface area contributed by atoms with Crippen LogP contribution in [0.25, 0.3) is 0 Å². The van der Waals surface area contributed by atoms with Crippen molar-refractivity contribution < 1.29 is 14.3 Å². The monoisotopic (exact) mass is 344 g/mol. The summed E-state index contributed by atoms with van der Waals surface area (Å²) in [5.41, 5.74) is 1.50. The summed E-state index contributed by atoms with van der Waals surface area (Å²) >= 11 is 1.58. The normalized spacial score (nSPS) is 10.1. The molecule has 2 aromatic rings. The summed E-state index contributed by atoms with van der Waals surface area (Å²) in [6.45, 7) is 2.41. The zero-order valence-electron chi connectivity index (χ0n) is 13.9. The molecule has 126 valence electrons. The Morgan fingerprint density at radius 3 is 2.58 bits per heavy atom. The van der Waals surface area contributed by atoms with Gasteiger partial charge in [0.2, 0.25) is 0 Å². The first kappa shape index (κ1) is 17.9. The first-order valence-electron chi connectivity index (χ1n) is 7.50. The maximum Gasteiger partial charge on any atom is 0.259 e. The van der Waals surface area contributed by atoms with Gasteiger partial charge in [-0.25, -0.2) is 0 Å². The zero-order chi connectivity index (χ0) is 17.5. The van der Waals surface area contributed by atoms with Crippen LogP contribution in [-0.4, -0.2) is 31.7 Å². The van der Waals surface area contributed by atoms with Crippen molar-refractivity contribution in [3.05, 3.63) is 53.6 Å². The van der Waals surface area contributed by atoms with E-state index in [1.807, 2.05) is 25.3 Å². The minimum absolute atomic E-state index is 0.171. The first-order chi connectivity index (χ1) is 11.6. The van der Waals surface area contributed by atoms with Crippen molar-refractivity contribution in [3.63, 3.8) is 0 Å². The van der Waals surface area contributed by atoms with E-state index in [1.165, 1.54) is 7.11 Å². The standard InChI is InChI=1S/C18H20N2O3S/c1-4-19-17(21)12-6-5-7-13(10-12)20-18(22)15-9-8-14(24-3)11-16(15)23-2/h5-11H,4H2,1-3H3,(H,19,21)(H,20,22). The molecule has 0 aromatic heterocycles. The van der Waals surface area contributed by atoms with Crippen LogP contribution in [0.15, 0.2) is 47.4 Å². The van der Waals surface area contributed by atoms with E-state index in [2.05, 4.69) is 10.6 Å². The molecule has 2 aromatic carbocycles. The number of hydrogen-bond donors (Lipinski definition) is 2. The molecule has 0 unspecified atom stereocenters. The number of hydrogen-bond acceptors (Lipinski definition) is 4. The molecule has 0 atom stereocenters. The smallest absolute Gasteiger partial charge is 0.259 e. The summed E-state index contributed by atoms with van der Waals surface area (Å²) in [5.74, 6) is 0.0577. The van der Waals surface area contributed by atoms with E-state index in [-0.39, 0.29) is 11.8 Å². The summed E-state index contributed by atoms with van der Waals surface area (Å²) in [4.78, 5) is 25.4. The largest absolute Gasteiger partial charge is 0.496 e. The molecule has 0 heterocycles. The second-order valence-corrected chi connectivity index (χ2v) is 5.84. The number of rotatable bonds is 6. The molecule has 0 bridgehead atoms. The Hall–Kier alpha value is -2.47. The fourth-order valence-corrected chi connectivity index (χ4v) is 2.61. The molecule has 6 heteroatoms. The fraction of sp³-hybridized carbons (Fsp3) is 0.222. The minimum Gasteiger partial charge on any atom is -0.496 e. The highest BCUT2D eigenvalue weighted by Crippen LogP contribution is 2.26. The Kier molecular flexibility index (Phi) is 6.26. The summed E-state index contributed by atoms with van der Waals surface area (Å²) in [7, 11) is 1.53. The lowest BCUT2D eigenvalue weighted by Gasteiger charge is -2.11. The van der Waals surface area contributed by atoms with E-state index in [0.717, 1.165) is 4.90 Å². The predicted molar refractivity (Wildman–Crippen MR) is 97.2 cm³/mol. The van der Waals surface area contributed by atoms with Crippen LogP contribution in [-0.2, 0) is 0 Å². The van der Waals surface area contributed by atoms with Gasteiger partial charge in [-0.15, -0.1) is 11.8 Å². The van der Waals surface area contributed by atoms with Crippen molar-refractivity contribution in [3.8, 4) is 5.75 Å². The molecule has 5 nitrogen and oxygen atoms in total. The second kappa shape index (κ2) is 8.40. The van der Waals surface area contributed by atoms with E-state index in [9.17, 15) is 9.59 Å². The second-order valence-electron chi connectivity index (χ2n) is 4.96. The van der Waals surface area contributed by atoms with Gasteiger partial charge in [-0.1, -0.05) is 6.07 Å². The number of nitrogens with one attached hydrogen (secondary N) is 2. The van der Waals surface area contributed by atoms with Crippen molar-refractivity contribution in [1.29, 1.82) is 0 Å². The highest BCUT2D eigenvalue weighted by atomic mass is 32.2. The van der Waals surface area contributed by atoms with Crippen molar-refractivity contribution in [2.75, 3.05) is 25.2 Å². The molecule has 2 rings (SSSR count). The summed E-state index contributed by atoms with van der Waals surface area (Å²) in [6.07, 6.45) is 1.96. The SMILES string of the molecule is CCNC(=O)c1cccc(NC(=O)c2ccc(SC)cc2OC)c1. The highest BCUT2D eigenvalue weighted by molar-refractivity contribution is 7.98. The van der Waals surface area contributed by atoms with E-state index in [0.29, 0.717) is 29.1 Å². The van der Waals surface area contributed by atoms with Gasteiger partial charge in [0.1, 0.15) is 5.75 Å². The molecule has 2 N–H and O–H groups in total. The Balaban J connectivity index is 2.21. The fourth-order valence-electron chi connectivity index (χ4n) is 2.19. The van der Waals surface area contributed by atoms with E-state index in [1.54, 1.807) is 42.1 Å². The molecule has 0 aliphatic carbocycles. The van der Waals surface area contributed by atoms with Gasteiger partial charge >= 0.3 is 0 Å². The van der Waals surface area contributed by atoms with Crippen molar-refractivity contribution in [2.24, 2.45) is 0 Å².